The van der Waals surface area contributed by atoms with Crippen LogP contribution >= 0.6 is 39.1 Å². The average molecular weight is 515 g/mol. The summed E-state index contributed by atoms with van der Waals surface area (Å²) in [5, 5.41) is 6.23. The van der Waals surface area contributed by atoms with Gasteiger partial charge in [-0.25, -0.2) is 4.68 Å². The summed E-state index contributed by atoms with van der Waals surface area (Å²) in [4.78, 5) is 3.97. The lowest BCUT2D eigenvalue weighted by Crippen LogP contribution is -2.19. The molecule has 2 atom stereocenters. The normalized spacial score (nSPS) is 18.6. The van der Waals surface area contributed by atoms with Gasteiger partial charge < -0.3 is 9.47 Å². The predicted octanol–water partition coefficient (Wildman–Crippen LogP) is 7.24. The second-order valence-corrected chi connectivity index (χ2v) is 8.61. The van der Waals surface area contributed by atoms with Crippen LogP contribution in [0.2, 0.25) is 10.0 Å². The second-order valence-electron chi connectivity index (χ2n) is 7.04. The fourth-order valence-electron chi connectivity index (χ4n) is 3.64. The molecule has 5 nitrogen and oxygen atoms in total. The highest BCUT2D eigenvalue weighted by Gasteiger charge is 2.22. The molecule has 1 fully saturated rings. The lowest BCUT2D eigenvalue weighted by atomic mass is 10.1. The van der Waals surface area contributed by atoms with Crippen LogP contribution in [0.3, 0.4) is 0 Å². The van der Waals surface area contributed by atoms with E-state index in [1.807, 2.05) is 29.8 Å². The molecule has 30 heavy (non-hydrogen) atoms. The average Bonchev–Trinajstić information content (AvgIpc) is 3.06. The van der Waals surface area contributed by atoms with Crippen molar-refractivity contribution in [1.29, 1.82) is 0 Å². The smallest absolute Gasteiger partial charge is 0.167 e. The number of aromatic nitrogens is 3. The number of ether oxygens (including phenoxy) is 2. The first kappa shape index (κ1) is 21.6. The van der Waals surface area contributed by atoms with Gasteiger partial charge in [0.05, 0.1) is 21.3 Å². The van der Waals surface area contributed by atoms with E-state index in [1.165, 1.54) is 18.5 Å². The SMILES string of the molecule is C[C@@H](Oc1ccc2c(c1)c(C=C(F)Br)nn2C1CCCCO1)c1c(Cl)cncc1Cl. The van der Waals surface area contributed by atoms with Gasteiger partial charge in [-0.05, 0) is 60.3 Å². The molecule has 1 saturated heterocycles. The molecular weight excluding hydrogens is 496 g/mol. The number of hydrogen-bond acceptors (Lipinski definition) is 4. The number of halogens is 4. The third-order valence-corrected chi connectivity index (χ3v) is 5.82. The lowest BCUT2D eigenvalue weighted by Gasteiger charge is -2.23. The molecular formula is C21H19BrCl2FN3O2. The molecule has 3 aromatic rings. The molecule has 0 aliphatic carbocycles. The van der Waals surface area contributed by atoms with Crippen LogP contribution in [0.5, 0.6) is 5.75 Å². The quantitative estimate of drug-likeness (QED) is 0.360. The van der Waals surface area contributed by atoms with Gasteiger partial charge in [-0.3, -0.25) is 4.98 Å². The Kier molecular flexibility index (Phi) is 6.63. The number of hydrogen-bond donors (Lipinski definition) is 0. The summed E-state index contributed by atoms with van der Waals surface area (Å²) in [6, 6.07) is 5.59. The summed E-state index contributed by atoms with van der Waals surface area (Å²) in [6.07, 6.45) is 6.79. The fourth-order valence-corrected chi connectivity index (χ4v) is 4.52. The monoisotopic (exact) mass is 513 g/mol. The minimum Gasteiger partial charge on any atom is -0.486 e. The van der Waals surface area contributed by atoms with Crippen molar-refractivity contribution < 1.29 is 13.9 Å². The molecule has 0 N–H and O–H groups in total. The molecule has 0 amide bonds. The minimum absolute atomic E-state index is 0.165. The molecule has 2 aromatic heterocycles. The first-order valence-corrected chi connectivity index (χ1v) is 11.1. The zero-order chi connectivity index (χ0) is 21.3. The van der Waals surface area contributed by atoms with Gasteiger partial charge in [0.15, 0.2) is 11.0 Å². The van der Waals surface area contributed by atoms with Crippen molar-refractivity contribution in [3.05, 3.63) is 56.6 Å². The summed E-state index contributed by atoms with van der Waals surface area (Å²) < 4.78 is 26.9. The Bertz CT molecular complexity index is 1080. The number of pyridine rings is 1. The van der Waals surface area contributed by atoms with Crippen molar-refractivity contribution in [2.24, 2.45) is 0 Å². The molecule has 4 rings (SSSR count). The fraction of sp³-hybridized carbons (Fsp3) is 0.333. The molecule has 0 bridgehead atoms. The molecule has 3 heterocycles. The highest BCUT2D eigenvalue weighted by molar-refractivity contribution is 9.11. The van der Waals surface area contributed by atoms with E-state index >= 15 is 0 Å². The molecule has 1 aliphatic rings. The van der Waals surface area contributed by atoms with Gasteiger partial charge in [0, 0.05) is 36.0 Å². The number of fused-ring (bicyclic) bond motifs is 1. The summed E-state index contributed by atoms with van der Waals surface area (Å²) >= 11 is 15.4. The van der Waals surface area contributed by atoms with Crippen LogP contribution in [0, 0.1) is 0 Å². The molecule has 1 unspecified atom stereocenters. The maximum Gasteiger partial charge on any atom is 0.167 e. The van der Waals surface area contributed by atoms with E-state index in [2.05, 4.69) is 26.0 Å². The maximum atomic E-state index is 13.6. The van der Waals surface area contributed by atoms with E-state index in [9.17, 15) is 4.39 Å². The van der Waals surface area contributed by atoms with Crippen molar-refractivity contribution in [2.45, 2.75) is 38.5 Å². The summed E-state index contributed by atoms with van der Waals surface area (Å²) in [7, 11) is 0. The highest BCUT2D eigenvalue weighted by atomic mass is 79.9. The third-order valence-electron chi connectivity index (χ3n) is 4.99. The van der Waals surface area contributed by atoms with E-state index in [-0.39, 0.29) is 6.23 Å². The van der Waals surface area contributed by atoms with Crippen LogP contribution < -0.4 is 4.74 Å². The van der Waals surface area contributed by atoms with Gasteiger partial charge in [0.1, 0.15) is 11.9 Å². The molecule has 1 aliphatic heterocycles. The van der Waals surface area contributed by atoms with Crippen LogP contribution in [-0.2, 0) is 4.74 Å². The van der Waals surface area contributed by atoms with Crippen molar-refractivity contribution in [2.75, 3.05) is 6.61 Å². The van der Waals surface area contributed by atoms with Crippen molar-refractivity contribution in [3.63, 3.8) is 0 Å². The Balaban J connectivity index is 1.71. The Morgan fingerprint density at radius 3 is 2.77 bits per heavy atom. The van der Waals surface area contributed by atoms with Crippen LogP contribution in [0.1, 0.15) is 49.8 Å². The molecule has 0 saturated carbocycles. The Morgan fingerprint density at radius 1 is 1.33 bits per heavy atom. The van der Waals surface area contributed by atoms with Crippen LogP contribution in [0.4, 0.5) is 4.39 Å². The van der Waals surface area contributed by atoms with Gasteiger partial charge in [-0.15, -0.1) is 0 Å². The topological polar surface area (TPSA) is 49.2 Å². The third kappa shape index (κ3) is 4.49. The van der Waals surface area contributed by atoms with Gasteiger partial charge in [-0.1, -0.05) is 23.2 Å². The van der Waals surface area contributed by atoms with Gasteiger partial charge in [-0.2, -0.15) is 9.49 Å². The lowest BCUT2D eigenvalue weighted by molar-refractivity contribution is -0.0367. The molecule has 0 radical (unpaired) electrons. The zero-order valence-corrected chi connectivity index (χ0v) is 19.2. The van der Waals surface area contributed by atoms with Crippen molar-refractivity contribution >= 4 is 56.1 Å². The standard InChI is InChI=1S/C21H19BrCl2FN3O2/c1-12(21-15(23)10-26-11-16(21)24)30-13-5-6-18-14(8-13)17(9-19(22)25)27-28(18)20-4-2-3-7-29-20/h5-6,8-12,20H,2-4,7H2,1H3/t12-,20?/m1/s1. The second kappa shape index (κ2) is 9.22. The van der Waals surface area contributed by atoms with Crippen LogP contribution in [0.25, 0.3) is 17.0 Å². The van der Waals surface area contributed by atoms with Crippen LogP contribution in [0.15, 0.2) is 35.3 Å². The Morgan fingerprint density at radius 2 is 2.10 bits per heavy atom. The summed E-state index contributed by atoms with van der Waals surface area (Å²) in [5.74, 6) is 0.590. The largest absolute Gasteiger partial charge is 0.486 e. The zero-order valence-electron chi connectivity index (χ0n) is 16.1. The van der Waals surface area contributed by atoms with E-state index in [0.717, 1.165) is 30.2 Å². The molecule has 0 spiro atoms. The molecule has 1 aromatic carbocycles. The molecule has 9 heteroatoms. The Hall–Kier alpha value is -1.67. The maximum absolute atomic E-state index is 13.6. The minimum atomic E-state index is -0.506. The highest BCUT2D eigenvalue weighted by Crippen LogP contribution is 2.35. The van der Waals surface area contributed by atoms with Crippen molar-refractivity contribution in [3.8, 4) is 5.75 Å². The van der Waals surface area contributed by atoms with E-state index in [4.69, 9.17) is 32.7 Å². The number of benzene rings is 1. The number of rotatable bonds is 5. The van der Waals surface area contributed by atoms with Crippen LogP contribution in [-0.4, -0.2) is 21.4 Å². The Labute approximate surface area is 191 Å². The van der Waals surface area contributed by atoms with Crippen molar-refractivity contribution in [1.82, 2.24) is 14.8 Å². The predicted molar refractivity (Wildman–Crippen MR) is 120 cm³/mol. The molecule has 158 valence electrons. The summed E-state index contributed by atoms with van der Waals surface area (Å²) in [5.41, 5.74) is 2.00. The van der Waals surface area contributed by atoms with Gasteiger partial charge in [0.2, 0.25) is 0 Å². The first-order chi connectivity index (χ1) is 14.4. The van der Waals surface area contributed by atoms with E-state index < -0.39 is 10.8 Å². The van der Waals surface area contributed by atoms with E-state index in [0.29, 0.717) is 33.7 Å². The van der Waals surface area contributed by atoms with E-state index in [1.54, 1.807) is 0 Å². The van der Waals surface area contributed by atoms with Gasteiger partial charge >= 0.3 is 0 Å². The number of nitrogens with zero attached hydrogens (tertiary/aromatic N) is 3. The van der Waals surface area contributed by atoms with Gasteiger partial charge in [0.25, 0.3) is 0 Å². The summed E-state index contributed by atoms with van der Waals surface area (Å²) in [6.45, 7) is 2.55. The first-order valence-electron chi connectivity index (χ1n) is 9.56.